The molecule has 0 aliphatic carbocycles. The van der Waals surface area contributed by atoms with Crippen LogP contribution in [-0.4, -0.2) is 5.38 Å². The van der Waals surface area contributed by atoms with Crippen LogP contribution in [0.4, 0.5) is 0 Å². The molecule has 0 N–H and O–H groups in total. The van der Waals surface area contributed by atoms with E-state index in [4.69, 9.17) is 11.6 Å². The Bertz CT molecular complexity index is 165. The van der Waals surface area contributed by atoms with Crippen molar-refractivity contribution >= 4 is 11.6 Å². The largest absolute Gasteiger partial charge is 0.118 e. The van der Waals surface area contributed by atoms with Gasteiger partial charge < -0.3 is 0 Å². The quantitative estimate of drug-likeness (QED) is 0.184. The van der Waals surface area contributed by atoms with E-state index in [-0.39, 0.29) is 5.38 Å². The van der Waals surface area contributed by atoms with Crippen LogP contribution in [0.3, 0.4) is 0 Å². The summed E-state index contributed by atoms with van der Waals surface area (Å²) in [7, 11) is 0. The number of unbranched alkanes of at least 4 members (excludes halogenated alkanes) is 11. The molecular weight excluding hydrogens is 240 g/mol. The molecular formula is C17H33Cl. The van der Waals surface area contributed by atoms with E-state index >= 15 is 0 Å². The topological polar surface area (TPSA) is 0 Å². The second kappa shape index (κ2) is 15.1. The van der Waals surface area contributed by atoms with Crippen molar-refractivity contribution in [1.82, 2.24) is 0 Å². The fourth-order valence-corrected chi connectivity index (χ4v) is 2.45. The lowest BCUT2D eigenvalue weighted by Crippen LogP contribution is -1.92. The van der Waals surface area contributed by atoms with Gasteiger partial charge in [-0.2, -0.15) is 0 Å². The molecule has 18 heavy (non-hydrogen) atoms. The van der Waals surface area contributed by atoms with Gasteiger partial charge in [-0.05, 0) is 6.42 Å². The van der Waals surface area contributed by atoms with E-state index in [1.165, 1.54) is 77.0 Å². The molecule has 0 amide bonds. The summed E-state index contributed by atoms with van der Waals surface area (Å²) in [5.41, 5.74) is 0. The highest BCUT2D eigenvalue weighted by Gasteiger charge is 1.98. The normalized spacial score (nSPS) is 12.6. The minimum absolute atomic E-state index is 0.188. The molecule has 108 valence electrons. The van der Waals surface area contributed by atoms with E-state index in [1.807, 2.05) is 6.08 Å². The lowest BCUT2D eigenvalue weighted by atomic mass is 10.0. The number of halogens is 1. The van der Waals surface area contributed by atoms with E-state index in [9.17, 15) is 0 Å². The Hall–Kier alpha value is 0.0300. The first-order chi connectivity index (χ1) is 8.81. The molecule has 0 spiro atoms. The first-order valence-corrected chi connectivity index (χ1v) is 8.51. The van der Waals surface area contributed by atoms with E-state index in [0.29, 0.717) is 0 Å². The standard InChI is InChI=1S/C17H33Cl/c1-3-5-6-7-8-9-10-11-12-13-14-15-16-17(18)4-2/h4,17H,2-3,5-16H2,1H3. The van der Waals surface area contributed by atoms with Crippen LogP contribution < -0.4 is 0 Å². The summed E-state index contributed by atoms with van der Waals surface area (Å²) in [5, 5.41) is 0.188. The molecule has 0 aliphatic rings. The van der Waals surface area contributed by atoms with Crippen LogP contribution in [0.1, 0.15) is 90.4 Å². The molecule has 0 aliphatic heterocycles. The molecule has 0 aromatic carbocycles. The molecule has 0 rings (SSSR count). The van der Waals surface area contributed by atoms with Crippen molar-refractivity contribution in [3.63, 3.8) is 0 Å². The highest BCUT2D eigenvalue weighted by atomic mass is 35.5. The van der Waals surface area contributed by atoms with Gasteiger partial charge in [0.05, 0.1) is 5.38 Å². The third-order valence-electron chi connectivity index (χ3n) is 3.59. The van der Waals surface area contributed by atoms with Crippen molar-refractivity contribution in [2.45, 2.75) is 95.8 Å². The van der Waals surface area contributed by atoms with Crippen LogP contribution in [0.15, 0.2) is 12.7 Å². The van der Waals surface area contributed by atoms with E-state index in [1.54, 1.807) is 0 Å². The molecule has 0 aromatic rings. The van der Waals surface area contributed by atoms with Gasteiger partial charge in [0.25, 0.3) is 0 Å². The Kier molecular flexibility index (Phi) is 15.1. The van der Waals surface area contributed by atoms with Gasteiger partial charge in [-0.15, -0.1) is 18.2 Å². The van der Waals surface area contributed by atoms with Gasteiger partial charge in [-0.3, -0.25) is 0 Å². The summed E-state index contributed by atoms with van der Waals surface area (Å²) in [5.74, 6) is 0. The first-order valence-electron chi connectivity index (χ1n) is 8.08. The van der Waals surface area contributed by atoms with Crippen LogP contribution in [0.2, 0.25) is 0 Å². The van der Waals surface area contributed by atoms with Crippen LogP contribution >= 0.6 is 11.6 Å². The van der Waals surface area contributed by atoms with Crippen LogP contribution in [0, 0.1) is 0 Å². The molecule has 0 nitrogen and oxygen atoms in total. The Balaban J connectivity index is 2.96. The molecule has 1 unspecified atom stereocenters. The second-order valence-electron chi connectivity index (χ2n) is 5.43. The van der Waals surface area contributed by atoms with Crippen molar-refractivity contribution in [3.8, 4) is 0 Å². The maximum absolute atomic E-state index is 5.98. The molecule has 0 radical (unpaired) electrons. The predicted molar refractivity (Wildman–Crippen MR) is 85.5 cm³/mol. The van der Waals surface area contributed by atoms with Crippen molar-refractivity contribution in [1.29, 1.82) is 0 Å². The summed E-state index contributed by atoms with van der Waals surface area (Å²) >= 11 is 5.98. The van der Waals surface area contributed by atoms with Crippen molar-refractivity contribution < 1.29 is 0 Å². The second-order valence-corrected chi connectivity index (χ2v) is 5.99. The van der Waals surface area contributed by atoms with Crippen LogP contribution in [0.5, 0.6) is 0 Å². The van der Waals surface area contributed by atoms with E-state index in [0.717, 1.165) is 6.42 Å². The van der Waals surface area contributed by atoms with Crippen molar-refractivity contribution in [3.05, 3.63) is 12.7 Å². The van der Waals surface area contributed by atoms with E-state index in [2.05, 4.69) is 13.5 Å². The van der Waals surface area contributed by atoms with Gasteiger partial charge in [-0.25, -0.2) is 0 Å². The van der Waals surface area contributed by atoms with Gasteiger partial charge >= 0.3 is 0 Å². The molecule has 0 heterocycles. The average Bonchev–Trinajstić information content (AvgIpc) is 2.39. The number of alkyl halides is 1. The van der Waals surface area contributed by atoms with Gasteiger partial charge in [0.15, 0.2) is 0 Å². The third kappa shape index (κ3) is 14.1. The highest BCUT2D eigenvalue weighted by Crippen LogP contribution is 2.14. The molecule has 0 fully saturated rings. The van der Waals surface area contributed by atoms with Gasteiger partial charge in [0, 0.05) is 0 Å². The smallest absolute Gasteiger partial charge is 0.0513 e. The molecule has 0 aromatic heterocycles. The molecule has 0 bridgehead atoms. The fraction of sp³-hybridized carbons (Fsp3) is 0.882. The van der Waals surface area contributed by atoms with Gasteiger partial charge in [0.1, 0.15) is 0 Å². The van der Waals surface area contributed by atoms with Crippen molar-refractivity contribution in [2.24, 2.45) is 0 Å². The number of hydrogen-bond acceptors (Lipinski definition) is 0. The van der Waals surface area contributed by atoms with Crippen LogP contribution in [0.25, 0.3) is 0 Å². The molecule has 1 atom stereocenters. The Morgan fingerprint density at radius 2 is 1.17 bits per heavy atom. The van der Waals surface area contributed by atoms with Crippen molar-refractivity contribution in [2.75, 3.05) is 0 Å². The molecule has 0 saturated carbocycles. The third-order valence-corrected chi connectivity index (χ3v) is 3.99. The molecule has 0 saturated heterocycles. The summed E-state index contributed by atoms with van der Waals surface area (Å²) in [6, 6.07) is 0. The average molecular weight is 273 g/mol. The predicted octanol–water partition coefficient (Wildman–Crippen LogP) is 6.87. The van der Waals surface area contributed by atoms with E-state index < -0.39 is 0 Å². The zero-order valence-electron chi connectivity index (χ0n) is 12.4. The minimum Gasteiger partial charge on any atom is -0.118 e. The Morgan fingerprint density at radius 3 is 1.56 bits per heavy atom. The Labute approximate surface area is 120 Å². The summed E-state index contributed by atoms with van der Waals surface area (Å²) < 4.78 is 0. The number of hydrogen-bond donors (Lipinski definition) is 0. The monoisotopic (exact) mass is 272 g/mol. The SMILES string of the molecule is C=CC(Cl)CCCCCCCCCCCCCC. The zero-order valence-corrected chi connectivity index (χ0v) is 13.2. The van der Waals surface area contributed by atoms with Crippen LogP contribution in [-0.2, 0) is 0 Å². The van der Waals surface area contributed by atoms with Gasteiger partial charge in [0.2, 0.25) is 0 Å². The number of rotatable bonds is 14. The summed E-state index contributed by atoms with van der Waals surface area (Å²) in [6.45, 7) is 5.98. The highest BCUT2D eigenvalue weighted by molar-refractivity contribution is 6.21. The first kappa shape index (κ1) is 18.0. The zero-order chi connectivity index (χ0) is 13.5. The van der Waals surface area contributed by atoms with Gasteiger partial charge in [-0.1, -0.05) is 90.0 Å². The minimum atomic E-state index is 0.188. The lowest BCUT2D eigenvalue weighted by Gasteiger charge is -2.04. The maximum Gasteiger partial charge on any atom is 0.0513 e. The Morgan fingerprint density at radius 1 is 0.778 bits per heavy atom. The molecule has 1 heteroatoms. The lowest BCUT2D eigenvalue weighted by molar-refractivity contribution is 0.540. The summed E-state index contributed by atoms with van der Waals surface area (Å²) in [4.78, 5) is 0. The fourth-order valence-electron chi connectivity index (χ4n) is 2.30. The maximum atomic E-state index is 5.98. The number of allylic oxidation sites excluding steroid dienone is 1. The summed E-state index contributed by atoms with van der Waals surface area (Å²) in [6.07, 6.45) is 19.8.